The van der Waals surface area contributed by atoms with E-state index in [4.69, 9.17) is 21.9 Å². The number of ether oxygens (including phenoxy) is 1. The van der Waals surface area contributed by atoms with Gasteiger partial charge < -0.3 is 21.9 Å². The lowest BCUT2D eigenvalue weighted by Gasteiger charge is -2.24. The van der Waals surface area contributed by atoms with Gasteiger partial charge in [-0.3, -0.25) is 4.90 Å². The normalized spacial score (nSPS) is 14.4. The Labute approximate surface area is 135 Å². The second-order valence-corrected chi connectivity index (χ2v) is 6.30. The molecule has 2 rings (SSSR count). The van der Waals surface area contributed by atoms with Crippen molar-refractivity contribution in [1.82, 2.24) is 4.90 Å². The number of amides is 1. The molecule has 23 heavy (non-hydrogen) atoms. The lowest BCUT2D eigenvalue weighted by Crippen LogP contribution is -2.33. The molecule has 0 aliphatic carbocycles. The Morgan fingerprint density at radius 3 is 2.43 bits per heavy atom. The number of aliphatic imine (C=N–C) groups is 2. The standard InChI is InChI=1S/C15H22N6O2/c1-15(2,3)23-14(22)21-7-9-4-5-11(6-10(9)8-21)19-13(18)20-12(16)17/h4-6H,7-8H2,1-3H3,(H6,16,17,18,19,20). The fourth-order valence-electron chi connectivity index (χ4n) is 2.20. The summed E-state index contributed by atoms with van der Waals surface area (Å²) in [7, 11) is 0. The number of nitrogens with two attached hydrogens (primary N) is 3. The van der Waals surface area contributed by atoms with Crippen molar-refractivity contribution in [3.8, 4) is 0 Å². The molecule has 0 unspecified atom stereocenters. The van der Waals surface area contributed by atoms with Crippen LogP contribution < -0.4 is 17.2 Å². The molecule has 0 saturated heterocycles. The first kappa shape index (κ1) is 16.6. The molecule has 1 aliphatic heterocycles. The van der Waals surface area contributed by atoms with Crippen molar-refractivity contribution in [1.29, 1.82) is 0 Å². The van der Waals surface area contributed by atoms with Crippen LogP contribution in [-0.4, -0.2) is 28.5 Å². The van der Waals surface area contributed by atoms with Gasteiger partial charge in [0.1, 0.15) is 5.60 Å². The zero-order valence-corrected chi connectivity index (χ0v) is 13.5. The predicted molar refractivity (Wildman–Crippen MR) is 89.0 cm³/mol. The summed E-state index contributed by atoms with van der Waals surface area (Å²) >= 11 is 0. The van der Waals surface area contributed by atoms with E-state index in [1.165, 1.54) is 0 Å². The number of benzene rings is 1. The first-order valence-corrected chi connectivity index (χ1v) is 7.17. The van der Waals surface area contributed by atoms with Gasteiger partial charge in [-0.05, 0) is 44.0 Å². The van der Waals surface area contributed by atoms with E-state index in [1.807, 2.05) is 32.9 Å². The van der Waals surface area contributed by atoms with Crippen molar-refractivity contribution in [2.75, 3.05) is 0 Å². The molecule has 1 heterocycles. The molecule has 6 N–H and O–H groups in total. The summed E-state index contributed by atoms with van der Waals surface area (Å²) in [4.78, 5) is 21.5. The first-order chi connectivity index (χ1) is 10.6. The second kappa shape index (κ2) is 6.15. The van der Waals surface area contributed by atoms with Gasteiger partial charge in [0.25, 0.3) is 0 Å². The highest BCUT2D eigenvalue weighted by atomic mass is 16.6. The molecule has 8 nitrogen and oxygen atoms in total. The zero-order valence-electron chi connectivity index (χ0n) is 13.5. The number of carbonyl (C=O) groups is 1. The molecule has 0 aromatic heterocycles. The monoisotopic (exact) mass is 318 g/mol. The van der Waals surface area contributed by atoms with Crippen molar-refractivity contribution < 1.29 is 9.53 Å². The van der Waals surface area contributed by atoms with Crippen LogP contribution in [0, 0.1) is 0 Å². The highest BCUT2D eigenvalue weighted by molar-refractivity contribution is 5.93. The number of hydrogen-bond acceptors (Lipinski definition) is 3. The van der Waals surface area contributed by atoms with Crippen LogP contribution >= 0.6 is 0 Å². The van der Waals surface area contributed by atoms with E-state index >= 15 is 0 Å². The maximum absolute atomic E-state index is 12.1. The Kier molecular flexibility index (Phi) is 4.44. The molecule has 0 radical (unpaired) electrons. The number of nitrogens with zero attached hydrogens (tertiary/aromatic N) is 3. The van der Waals surface area contributed by atoms with Gasteiger partial charge in [-0.15, -0.1) is 0 Å². The molecule has 0 saturated carbocycles. The van der Waals surface area contributed by atoms with E-state index in [2.05, 4.69) is 9.98 Å². The third-order valence-corrected chi connectivity index (χ3v) is 3.05. The van der Waals surface area contributed by atoms with Gasteiger partial charge in [0, 0.05) is 13.1 Å². The largest absolute Gasteiger partial charge is 0.444 e. The number of fused-ring (bicyclic) bond motifs is 1. The third kappa shape index (κ3) is 4.60. The molecule has 1 amide bonds. The van der Waals surface area contributed by atoms with E-state index in [0.29, 0.717) is 18.8 Å². The minimum atomic E-state index is -0.518. The van der Waals surface area contributed by atoms with E-state index < -0.39 is 5.60 Å². The first-order valence-electron chi connectivity index (χ1n) is 7.17. The van der Waals surface area contributed by atoms with Crippen LogP contribution in [0.4, 0.5) is 10.5 Å². The Morgan fingerprint density at radius 1 is 1.17 bits per heavy atom. The van der Waals surface area contributed by atoms with Crippen LogP contribution in [0.1, 0.15) is 31.9 Å². The smallest absolute Gasteiger partial charge is 0.410 e. The Balaban J connectivity index is 2.13. The van der Waals surface area contributed by atoms with Crippen LogP contribution in [0.25, 0.3) is 0 Å². The molecular weight excluding hydrogens is 296 g/mol. The van der Waals surface area contributed by atoms with Gasteiger partial charge in [0.15, 0.2) is 5.96 Å². The summed E-state index contributed by atoms with van der Waals surface area (Å²) in [5, 5.41) is 0. The fraction of sp³-hybridized carbons (Fsp3) is 0.400. The molecule has 1 aromatic carbocycles. The molecule has 1 aromatic rings. The van der Waals surface area contributed by atoms with Gasteiger partial charge in [-0.25, -0.2) is 9.79 Å². The van der Waals surface area contributed by atoms with Crippen molar-refractivity contribution in [2.24, 2.45) is 27.2 Å². The minimum absolute atomic E-state index is 0.0213. The summed E-state index contributed by atoms with van der Waals surface area (Å²) in [6.45, 7) is 6.50. The van der Waals surface area contributed by atoms with Gasteiger partial charge in [0.05, 0.1) is 5.69 Å². The molecule has 0 atom stereocenters. The lowest BCUT2D eigenvalue weighted by molar-refractivity contribution is 0.0242. The number of carbonyl (C=O) groups excluding carboxylic acids is 1. The van der Waals surface area contributed by atoms with Crippen LogP contribution in [0.3, 0.4) is 0 Å². The molecule has 8 heteroatoms. The van der Waals surface area contributed by atoms with Crippen molar-refractivity contribution in [3.63, 3.8) is 0 Å². The second-order valence-electron chi connectivity index (χ2n) is 6.30. The van der Waals surface area contributed by atoms with Crippen LogP contribution in [0.5, 0.6) is 0 Å². The Hall–Kier alpha value is -2.77. The lowest BCUT2D eigenvalue weighted by atomic mass is 10.1. The van der Waals surface area contributed by atoms with Crippen LogP contribution in [-0.2, 0) is 17.8 Å². The topological polar surface area (TPSA) is 132 Å². The molecule has 0 fully saturated rings. The Morgan fingerprint density at radius 2 is 1.83 bits per heavy atom. The van der Waals surface area contributed by atoms with E-state index in [-0.39, 0.29) is 18.0 Å². The summed E-state index contributed by atoms with van der Waals surface area (Å²) in [6, 6.07) is 5.56. The average molecular weight is 318 g/mol. The number of guanidine groups is 2. The van der Waals surface area contributed by atoms with Crippen molar-refractivity contribution >= 4 is 23.7 Å². The molecule has 0 bridgehead atoms. The predicted octanol–water partition coefficient (Wildman–Crippen LogP) is 1.16. The van der Waals surface area contributed by atoms with E-state index in [1.54, 1.807) is 11.0 Å². The zero-order chi connectivity index (χ0) is 17.2. The summed E-state index contributed by atoms with van der Waals surface area (Å²) in [6.07, 6.45) is -0.334. The maximum Gasteiger partial charge on any atom is 0.410 e. The quantitative estimate of drug-likeness (QED) is 0.528. The number of rotatable bonds is 1. The van der Waals surface area contributed by atoms with Gasteiger partial charge >= 0.3 is 6.09 Å². The third-order valence-electron chi connectivity index (χ3n) is 3.05. The van der Waals surface area contributed by atoms with Crippen molar-refractivity contribution in [2.45, 2.75) is 39.5 Å². The van der Waals surface area contributed by atoms with Gasteiger partial charge in [-0.1, -0.05) is 6.07 Å². The van der Waals surface area contributed by atoms with Crippen molar-refractivity contribution in [3.05, 3.63) is 29.3 Å². The minimum Gasteiger partial charge on any atom is -0.444 e. The highest BCUT2D eigenvalue weighted by Crippen LogP contribution is 2.28. The van der Waals surface area contributed by atoms with E-state index in [0.717, 1.165) is 11.1 Å². The van der Waals surface area contributed by atoms with Crippen LogP contribution in [0.15, 0.2) is 28.2 Å². The summed E-state index contributed by atoms with van der Waals surface area (Å²) < 4.78 is 5.39. The maximum atomic E-state index is 12.1. The van der Waals surface area contributed by atoms with E-state index in [9.17, 15) is 4.79 Å². The molecule has 0 spiro atoms. The molecular formula is C15H22N6O2. The Bertz CT molecular complexity index is 671. The van der Waals surface area contributed by atoms with Gasteiger partial charge in [-0.2, -0.15) is 4.99 Å². The SMILES string of the molecule is CC(C)(C)OC(=O)N1Cc2ccc(N=C(N)N=C(N)N)cc2C1. The van der Waals surface area contributed by atoms with Crippen LogP contribution in [0.2, 0.25) is 0 Å². The fourth-order valence-corrected chi connectivity index (χ4v) is 2.20. The molecule has 1 aliphatic rings. The highest BCUT2D eigenvalue weighted by Gasteiger charge is 2.27. The van der Waals surface area contributed by atoms with Gasteiger partial charge in [0.2, 0.25) is 5.96 Å². The average Bonchev–Trinajstić information content (AvgIpc) is 2.78. The number of hydrogen-bond donors (Lipinski definition) is 3. The molecule has 124 valence electrons. The summed E-state index contributed by atoms with van der Waals surface area (Å²) in [5.74, 6) is -0.171. The summed E-state index contributed by atoms with van der Waals surface area (Å²) in [5.41, 5.74) is 18.3.